The number of rotatable bonds is 12. The second kappa shape index (κ2) is 13.1. The Morgan fingerprint density at radius 3 is 2.62 bits per heavy atom. The van der Waals surface area contributed by atoms with Crippen molar-refractivity contribution in [2.24, 2.45) is 0 Å². The molecule has 0 aliphatic carbocycles. The summed E-state index contributed by atoms with van der Waals surface area (Å²) in [4.78, 5) is 35.5. The predicted octanol–water partition coefficient (Wildman–Crippen LogP) is 2.04. The highest BCUT2D eigenvalue weighted by molar-refractivity contribution is 14.1. The molecular formula is C14H26BIN2O3. The van der Waals surface area contributed by atoms with Crippen molar-refractivity contribution >= 4 is 45.7 Å². The summed E-state index contributed by atoms with van der Waals surface area (Å²) in [6, 6.07) is 0. The van der Waals surface area contributed by atoms with Gasteiger partial charge in [0.25, 0.3) is 0 Å². The maximum absolute atomic E-state index is 11.9. The summed E-state index contributed by atoms with van der Waals surface area (Å²) in [5.41, 5.74) is 0. The molecule has 0 aromatic rings. The lowest BCUT2D eigenvalue weighted by Gasteiger charge is -2.17. The second-order valence-corrected chi connectivity index (χ2v) is 6.20. The lowest BCUT2D eigenvalue weighted by molar-refractivity contribution is -0.138. The molecule has 0 aromatic carbocycles. The molecule has 1 N–H and O–H groups in total. The molecule has 0 saturated heterocycles. The summed E-state index contributed by atoms with van der Waals surface area (Å²) in [7, 11) is 0. The molecule has 0 saturated carbocycles. The predicted molar refractivity (Wildman–Crippen MR) is 94.8 cm³/mol. The van der Waals surface area contributed by atoms with Gasteiger partial charge in [0.15, 0.2) is 0 Å². The first-order valence-corrected chi connectivity index (χ1v) is 9.15. The topological polar surface area (TPSA) is 66.5 Å². The van der Waals surface area contributed by atoms with Gasteiger partial charge in [-0.1, -0.05) is 20.3 Å². The highest BCUT2D eigenvalue weighted by Crippen LogP contribution is 2.12. The first kappa shape index (κ1) is 20.4. The number of imide groups is 1. The minimum absolute atomic E-state index is 0.0797. The number of carbonyl (C=O) groups is 3. The maximum Gasteiger partial charge on any atom is 0.228 e. The molecule has 1 unspecified atom stereocenters. The van der Waals surface area contributed by atoms with Crippen LogP contribution in [0.2, 0.25) is 5.82 Å². The van der Waals surface area contributed by atoms with Gasteiger partial charge in [0.2, 0.25) is 23.4 Å². The molecule has 0 rings (SSSR count). The molecule has 7 heteroatoms. The molecular weight excluding hydrogens is 382 g/mol. The third kappa shape index (κ3) is 10.7. The van der Waals surface area contributed by atoms with Crippen LogP contribution >= 0.6 is 22.4 Å². The van der Waals surface area contributed by atoms with Gasteiger partial charge in [0, 0.05) is 25.9 Å². The highest BCUT2D eigenvalue weighted by atomic mass is 127. The lowest BCUT2D eigenvalue weighted by atomic mass is 9.86. The van der Waals surface area contributed by atoms with E-state index >= 15 is 0 Å². The van der Waals surface area contributed by atoms with E-state index in [-0.39, 0.29) is 11.8 Å². The Hall–Kier alpha value is -0.595. The summed E-state index contributed by atoms with van der Waals surface area (Å²) in [6.07, 6.45) is 4.89. The summed E-state index contributed by atoms with van der Waals surface area (Å²) in [5, 5.41) is 3.73. The van der Waals surface area contributed by atoms with Gasteiger partial charge >= 0.3 is 0 Å². The van der Waals surface area contributed by atoms with Crippen molar-refractivity contribution in [3.8, 4) is 0 Å². The molecule has 3 amide bonds. The molecule has 0 aromatic heterocycles. The third-order valence-corrected chi connectivity index (χ3v) is 4.61. The van der Waals surface area contributed by atoms with Gasteiger partial charge in [-0.3, -0.25) is 19.3 Å². The SMILES string of the molecule is CCCNC(=O)CCCCCN(C=O)C(=O)CC(C)BI. The fourth-order valence-corrected chi connectivity index (χ4v) is 2.11. The number of hydrogen-bond acceptors (Lipinski definition) is 3. The van der Waals surface area contributed by atoms with Crippen LogP contribution in [-0.4, -0.2) is 41.3 Å². The van der Waals surface area contributed by atoms with Gasteiger partial charge in [0.1, 0.15) is 0 Å². The van der Waals surface area contributed by atoms with Crippen molar-refractivity contribution in [3.05, 3.63) is 0 Å². The smallest absolute Gasteiger partial charge is 0.228 e. The third-order valence-electron chi connectivity index (χ3n) is 3.11. The molecule has 0 bridgehead atoms. The van der Waals surface area contributed by atoms with Gasteiger partial charge < -0.3 is 5.32 Å². The number of hydrogen-bond donors (Lipinski definition) is 1. The Kier molecular flexibility index (Phi) is 12.7. The molecule has 5 nitrogen and oxygen atoms in total. The molecule has 120 valence electrons. The first-order valence-electron chi connectivity index (χ1n) is 7.62. The van der Waals surface area contributed by atoms with Crippen molar-refractivity contribution in [1.29, 1.82) is 0 Å². The zero-order valence-corrected chi connectivity index (χ0v) is 15.2. The van der Waals surface area contributed by atoms with Crippen LogP contribution in [0.25, 0.3) is 0 Å². The van der Waals surface area contributed by atoms with Crippen LogP contribution in [0.3, 0.4) is 0 Å². The summed E-state index contributed by atoms with van der Waals surface area (Å²) < 4.78 is 0. The van der Waals surface area contributed by atoms with Crippen LogP contribution in [-0.2, 0) is 14.4 Å². The maximum atomic E-state index is 11.9. The van der Waals surface area contributed by atoms with Crippen LogP contribution in [0.15, 0.2) is 0 Å². The monoisotopic (exact) mass is 408 g/mol. The summed E-state index contributed by atoms with van der Waals surface area (Å²) in [6.45, 7) is 5.20. The van der Waals surface area contributed by atoms with E-state index < -0.39 is 0 Å². The number of nitrogens with zero attached hydrogens (tertiary/aromatic N) is 1. The molecule has 0 aliphatic rings. The first-order chi connectivity index (χ1) is 10.0. The average molecular weight is 408 g/mol. The van der Waals surface area contributed by atoms with E-state index in [4.69, 9.17) is 0 Å². The Morgan fingerprint density at radius 2 is 2.05 bits per heavy atom. The number of unbranched alkanes of at least 4 members (excludes halogenated alkanes) is 2. The minimum Gasteiger partial charge on any atom is -0.356 e. The highest BCUT2D eigenvalue weighted by Gasteiger charge is 2.15. The minimum atomic E-state index is -0.102. The average Bonchev–Trinajstić information content (AvgIpc) is 2.48. The number of amides is 3. The molecule has 0 heterocycles. The van der Waals surface area contributed by atoms with Crippen LogP contribution in [0.4, 0.5) is 0 Å². The van der Waals surface area contributed by atoms with Gasteiger partial charge in [-0.05, 0) is 25.1 Å². The van der Waals surface area contributed by atoms with Crippen molar-refractivity contribution in [2.45, 2.75) is 58.2 Å². The second-order valence-electron chi connectivity index (χ2n) is 5.32. The zero-order valence-electron chi connectivity index (χ0n) is 13.1. The van der Waals surface area contributed by atoms with E-state index in [2.05, 4.69) is 27.7 Å². The quantitative estimate of drug-likeness (QED) is 0.233. The van der Waals surface area contributed by atoms with E-state index in [0.717, 1.165) is 37.4 Å². The van der Waals surface area contributed by atoms with E-state index in [1.54, 1.807) is 0 Å². The van der Waals surface area contributed by atoms with Crippen molar-refractivity contribution in [3.63, 3.8) is 0 Å². The summed E-state index contributed by atoms with van der Waals surface area (Å²) in [5.74, 6) is 0.272. The largest absolute Gasteiger partial charge is 0.356 e. The Morgan fingerprint density at radius 1 is 1.33 bits per heavy atom. The molecule has 0 spiro atoms. The van der Waals surface area contributed by atoms with Gasteiger partial charge in [-0.25, -0.2) is 0 Å². The number of carbonyl (C=O) groups excluding carboxylic acids is 3. The lowest BCUT2D eigenvalue weighted by Crippen LogP contribution is -2.31. The Labute approximate surface area is 141 Å². The summed E-state index contributed by atoms with van der Waals surface area (Å²) >= 11 is 2.24. The molecule has 0 aliphatic heterocycles. The van der Waals surface area contributed by atoms with Crippen LogP contribution in [0, 0.1) is 0 Å². The van der Waals surface area contributed by atoms with E-state index in [0.29, 0.717) is 31.6 Å². The molecule has 1 atom stereocenters. The van der Waals surface area contributed by atoms with Gasteiger partial charge in [0.05, 0.1) is 0 Å². The van der Waals surface area contributed by atoms with Crippen molar-refractivity contribution in [2.75, 3.05) is 13.1 Å². The van der Waals surface area contributed by atoms with Crippen LogP contribution < -0.4 is 5.32 Å². The zero-order chi connectivity index (χ0) is 16.1. The Balaban J connectivity index is 3.79. The van der Waals surface area contributed by atoms with Gasteiger partial charge in [-0.2, -0.15) is 22.4 Å². The Bertz CT molecular complexity index is 329. The van der Waals surface area contributed by atoms with E-state index in [1.807, 2.05) is 13.8 Å². The van der Waals surface area contributed by atoms with Crippen molar-refractivity contribution < 1.29 is 14.4 Å². The number of nitrogens with one attached hydrogen (secondary N) is 1. The van der Waals surface area contributed by atoms with E-state index in [9.17, 15) is 14.4 Å². The van der Waals surface area contributed by atoms with Crippen molar-refractivity contribution in [1.82, 2.24) is 10.2 Å². The number of halogens is 1. The van der Waals surface area contributed by atoms with E-state index in [1.165, 1.54) is 4.90 Å². The fraction of sp³-hybridized carbons (Fsp3) is 0.786. The molecule has 0 fully saturated rings. The molecule has 0 radical (unpaired) electrons. The standard InChI is InChI=1S/C14H26BIN2O3/c1-3-8-17-13(20)7-5-4-6-9-18(11-19)14(21)10-12(2)15-16/h11-12,15H,3-10H2,1-2H3,(H,17,20). The van der Waals surface area contributed by atoms with Crippen LogP contribution in [0.5, 0.6) is 0 Å². The van der Waals surface area contributed by atoms with Gasteiger partial charge in [-0.15, -0.1) is 0 Å². The molecule has 21 heavy (non-hydrogen) atoms. The van der Waals surface area contributed by atoms with Crippen LogP contribution in [0.1, 0.15) is 52.4 Å². The normalized spacial score (nSPS) is 11.6. The fourth-order valence-electron chi connectivity index (χ4n) is 1.80.